The van der Waals surface area contributed by atoms with Crippen LogP contribution in [0.25, 0.3) is 58.9 Å². The van der Waals surface area contributed by atoms with Gasteiger partial charge < -0.3 is 0 Å². The number of rotatable bonds is 4. The Morgan fingerprint density at radius 2 is 1.52 bits per heavy atom. The quantitative estimate of drug-likeness (QED) is 0.255. The van der Waals surface area contributed by atoms with E-state index < -0.39 is 0 Å². The van der Waals surface area contributed by atoms with Gasteiger partial charge in [0.25, 0.3) is 0 Å². The molecule has 0 aliphatic heterocycles. The molecule has 160 valence electrons. The third-order valence-electron chi connectivity index (χ3n) is 7.10. The molecular formula is C32H26S. The Labute approximate surface area is 198 Å². The highest BCUT2D eigenvalue weighted by molar-refractivity contribution is 7.26. The summed E-state index contributed by atoms with van der Waals surface area (Å²) in [6, 6.07) is 31.5. The molecule has 0 saturated heterocycles. The third-order valence-corrected chi connectivity index (χ3v) is 8.29. The van der Waals surface area contributed by atoms with Crippen molar-refractivity contribution in [1.82, 2.24) is 0 Å². The van der Waals surface area contributed by atoms with E-state index in [1.54, 1.807) is 0 Å². The maximum atomic E-state index is 4.01. The average molecular weight is 443 g/mol. The van der Waals surface area contributed by atoms with Crippen molar-refractivity contribution in [2.24, 2.45) is 0 Å². The second-order valence-electron chi connectivity index (χ2n) is 8.97. The Bertz CT molecular complexity index is 1680. The summed E-state index contributed by atoms with van der Waals surface area (Å²) >= 11 is 1.93. The summed E-state index contributed by atoms with van der Waals surface area (Å²) in [6.07, 6.45) is 3.07. The summed E-state index contributed by atoms with van der Waals surface area (Å²) in [6.45, 7) is 8.62. The Hall–Kier alpha value is -3.42. The highest BCUT2D eigenvalue weighted by atomic mass is 32.1. The zero-order chi connectivity index (χ0) is 22.5. The van der Waals surface area contributed by atoms with Crippen LogP contribution in [0.5, 0.6) is 0 Å². The van der Waals surface area contributed by atoms with E-state index in [1.165, 1.54) is 64.0 Å². The Kier molecular flexibility index (Phi) is 4.81. The zero-order valence-electron chi connectivity index (χ0n) is 19.1. The molecule has 1 heteroatoms. The first kappa shape index (κ1) is 20.2. The summed E-state index contributed by atoms with van der Waals surface area (Å²) in [7, 11) is 0. The van der Waals surface area contributed by atoms with E-state index in [4.69, 9.17) is 0 Å². The maximum Gasteiger partial charge on any atom is 0.0440 e. The largest absolute Gasteiger partial charge is 0.134 e. The summed E-state index contributed by atoms with van der Waals surface area (Å²) in [4.78, 5) is 0. The van der Waals surface area contributed by atoms with Crippen molar-refractivity contribution in [2.75, 3.05) is 0 Å². The van der Waals surface area contributed by atoms with Crippen LogP contribution in [0.15, 0.2) is 91.5 Å². The number of benzene rings is 5. The van der Waals surface area contributed by atoms with Crippen LogP contribution < -0.4 is 0 Å². The van der Waals surface area contributed by atoms with Crippen molar-refractivity contribution < 1.29 is 0 Å². The first-order chi connectivity index (χ1) is 16.2. The number of hydrogen-bond acceptors (Lipinski definition) is 1. The van der Waals surface area contributed by atoms with Gasteiger partial charge in [0.05, 0.1) is 0 Å². The summed E-state index contributed by atoms with van der Waals surface area (Å²) in [5, 5.41) is 8.06. The summed E-state index contributed by atoms with van der Waals surface area (Å²) < 4.78 is 2.74. The van der Waals surface area contributed by atoms with E-state index in [0.717, 1.165) is 6.42 Å². The fourth-order valence-electron chi connectivity index (χ4n) is 5.17. The molecule has 0 amide bonds. The summed E-state index contributed by atoms with van der Waals surface area (Å²) in [5.74, 6) is 0.483. The second-order valence-corrected chi connectivity index (χ2v) is 10.0. The van der Waals surface area contributed by atoms with Crippen molar-refractivity contribution in [3.63, 3.8) is 0 Å². The number of fused-ring (bicyclic) bond motifs is 7. The Morgan fingerprint density at radius 1 is 0.788 bits per heavy atom. The molecule has 1 unspecified atom stereocenters. The standard InChI is InChI=1S/C32H26S/c1-4-20(3)27-18-21(5-2)14-16-26(27)28-19-23-11-7-9-13-25(23)31-30-24-12-8-6-10-22(24)15-17-29(30)33-32(28)31/h5-20H,2,4H2,1,3H3. The van der Waals surface area contributed by atoms with Gasteiger partial charge >= 0.3 is 0 Å². The Balaban J connectivity index is 1.82. The first-order valence-electron chi connectivity index (χ1n) is 11.7. The predicted octanol–water partition coefficient (Wildman–Crippen LogP) is 10.2. The van der Waals surface area contributed by atoms with Crippen molar-refractivity contribution in [3.8, 4) is 11.1 Å². The van der Waals surface area contributed by atoms with Gasteiger partial charge in [0, 0.05) is 25.7 Å². The van der Waals surface area contributed by atoms with Gasteiger partial charge in [0.15, 0.2) is 0 Å². The minimum Gasteiger partial charge on any atom is -0.134 e. The molecule has 1 atom stereocenters. The monoisotopic (exact) mass is 442 g/mol. The van der Waals surface area contributed by atoms with Crippen LogP contribution in [0, 0.1) is 0 Å². The van der Waals surface area contributed by atoms with E-state index in [9.17, 15) is 0 Å². The third kappa shape index (κ3) is 3.11. The molecule has 5 aromatic carbocycles. The van der Waals surface area contributed by atoms with Gasteiger partial charge in [-0.2, -0.15) is 0 Å². The molecule has 1 heterocycles. The topological polar surface area (TPSA) is 0 Å². The van der Waals surface area contributed by atoms with Gasteiger partial charge in [-0.05, 0) is 62.7 Å². The fourth-order valence-corrected chi connectivity index (χ4v) is 6.43. The molecule has 6 rings (SSSR count). The van der Waals surface area contributed by atoms with E-state index >= 15 is 0 Å². The van der Waals surface area contributed by atoms with Gasteiger partial charge in [0.1, 0.15) is 0 Å². The lowest BCUT2D eigenvalue weighted by atomic mass is 9.87. The van der Waals surface area contributed by atoms with Crippen LogP contribution in [0.4, 0.5) is 0 Å². The molecule has 1 aromatic heterocycles. The van der Waals surface area contributed by atoms with Crippen molar-refractivity contribution in [2.45, 2.75) is 26.2 Å². The van der Waals surface area contributed by atoms with Crippen LogP contribution in [-0.2, 0) is 0 Å². The van der Waals surface area contributed by atoms with E-state index in [1.807, 2.05) is 17.4 Å². The summed E-state index contributed by atoms with van der Waals surface area (Å²) in [5.41, 5.74) is 5.30. The van der Waals surface area contributed by atoms with Gasteiger partial charge in [-0.15, -0.1) is 11.3 Å². The lowest BCUT2D eigenvalue weighted by Gasteiger charge is -2.18. The van der Waals surface area contributed by atoms with Crippen LogP contribution >= 0.6 is 11.3 Å². The molecule has 33 heavy (non-hydrogen) atoms. The van der Waals surface area contributed by atoms with E-state index in [-0.39, 0.29) is 0 Å². The molecule has 0 saturated carbocycles. The minimum atomic E-state index is 0.483. The smallest absolute Gasteiger partial charge is 0.0440 e. The van der Waals surface area contributed by atoms with Crippen molar-refractivity contribution in [3.05, 3.63) is 103 Å². The molecule has 0 aliphatic rings. The number of thiophene rings is 1. The lowest BCUT2D eigenvalue weighted by molar-refractivity contribution is 0.735. The van der Waals surface area contributed by atoms with Gasteiger partial charge in [-0.1, -0.05) is 99.3 Å². The molecule has 0 spiro atoms. The fraction of sp³-hybridized carbons (Fsp3) is 0.125. The number of hydrogen-bond donors (Lipinski definition) is 0. The molecule has 0 aliphatic carbocycles. The van der Waals surface area contributed by atoms with E-state index in [0.29, 0.717) is 5.92 Å². The molecular weight excluding hydrogens is 416 g/mol. The molecule has 0 bridgehead atoms. The zero-order valence-corrected chi connectivity index (χ0v) is 19.9. The maximum absolute atomic E-state index is 4.01. The van der Waals surface area contributed by atoms with E-state index in [2.05, 4.69) is 105 Å². The normalized spacial score (nSPS) is 12.7. The van der Waals surface area contributed by atoms with Crippen LogP contribution in [-0.4, -0.2) is 0 Å². The molecule has 6 aromatic rings. The van der Waals surface area contributed by atoms with Gasteiger partial charge in [-0.25, -0.2) is 0 Å². The first-order valence-corrected chi connectivity index (χ1v) is 12.5. The van der Waals surface area contributed by atoms with Crippen LogP contribution in [0.2, 0.25) is 0 Å². The van der Waals surface area contributed by atoms with Crippen molar-refractivity contribution in [1.29, 1.82) is 0 Å². The molecule has 0 N–H and O–H groups in total. The average Bonchev–Trinajstić information content (AvgIpc) is 3.28. The van der Waals surface area contributed by atoms with Gasteiger partial charge in [-0.3, -0.25) is 0 Å². The predicted molar refractivity (Wildman–Crippen MR) is 149 cm³/mol. The highest BCUT2D eigenvalue weighted by Crippen LogP contribution is 2.47. The van der Waals surface area contributed by atoms with Crippen molar-refractivity contribution >= 4 is 59.1 Å². The minimum absolute atomic E-state index is 0.483. The lowest BCUT2D eigenvalue weighted by Crippen LogP contribution is -1.96. The molecule has 0 fully saturated rings. The van der Waals surface area contributed by atoms with Crippen LogP contribution in [0.1, 0.15) is 37.3 Å². The molecule has 0 radical (unpaired) electrons. The Morgan fingerprint density at radius 3 is 2.27 bits per heavy atom. The van der Waals surface area contributed by atoms with Crippen LogP contribution in [0.3, 0.4) is 0 Å². The molecule has 0 nitrogen and oxygen atoms in total. The SMILES string of the molecule is C=Cc1ccc(-c2cc3ccccc3c3c2sc2ccc4ccccc4c23)c(C(C)CC)c1. The second kappa shape index (κ2) is 7.86. The van der Waals surface area contributed by atoms with Gasteiger partial charge in [0.2, 0.25) is 0 Å². The highest BCUT2D eigenvalue weighted by Gasteiger charge is 2.19.